The molecule has 0 heterocycles. The Balaban J connectivity index is 0.000000716. The van der Waals surface area contributed by atoms with Crippen LogP contribution in [0.5, 0.6) is 0 Å². The van der Waals surface area contributed by atoms with Crippen LogP contribution in [0.2, 0.25) is 0 Å². The molecule has 0 aliphatic rings. The van der Waals surface area contributed by atoms with Gasteiger partial charge in [0, 0.05) is 0 Å². The normalized spacial score (nSPS) is 11.3. The summed E-state index contributed by atoms with van der Waals surface area (Å²) in [5, 5.41) is 34.8. The molecule has 1 aromatic rings. The summed E-state index contributed by atoms with van der Waals surface area (Å²) >= 11 is 0. The molecule has 0 aliphatic heterocycles. The van der Waals surface area contributed by atoms with Gasteiger partial charge >= 0.3 is 17.9 Å². The summed E-state index contributed by atoms with van der Waals surface area (Å²) in [6, 6.07) is 5.48. The third-order valence-corrected chi connectivity index (χ3v) is 5.50. The van der Waals surface area contributed by atoms with Gasteiger partial charge < -0.3 is 20.4 Å². The van der Waals surface area contributed by atoms with Gasteiger partial charge in [-0.25, -0.2) is 14.4 Å². The van der Waals surface area contributed by atoms with Gasteiger partial charge in [0.25, 0.3) is 0 Å². The molecule has 7 heteroatoms. The van der Waals surface area contributed by atoms with Crippen molar-refractivity contribution in [3.63, 3.8) is 0 Å². The average molecular weight is 467 g/mol. The quantitative estimate of drug-likeness (QED) is 0.184. The van der Waals surface area contributed by atoms with E-state index in [1.165, 1.54) is 101 Å². The first-order valence-electron chi connectivity index (χ1n) is 12.3. The van der Waals surface area contributed by atoms with Gasteiger partial charge in [-0.2, -0.15) is 0 Å². The summed E-state index contributed by atoms with van der Waals surface area (Å²) in [7, 11) is 0. The third kappa shape index (κ3) is 16.8. The molecule has 7 nitrogen and oxygen atoms in total. The van der Waals surface area contributed by atoms with E-state index in [-0.39, 0.29) is 11.1 Å². The van der Waals surface area contributed by atoms with Crippen molar-refractivity contribution in [2.75, 3.05) is 0 Å². The summed E-state index contributed by atoms with van der Waals surface area (Å²) in [5.74, 6) is -3.55. The summed E-state index contributed by atoms with van der Waals surface area (Å²) in [4.78, 5) is 31.3. The summed E-state index contributed by atoms with van der Waals surface area (Å²) < 4.78 is 0. The maximum Gasteiger partial charge on any atom is 0.336 e. The molecule has 0 saturated carbocycles. The van der Waals surface area contributed by atoms with E-state index < -0.39 is 24.0 Å². The van der Waals surface area contributed by atoms with Crippen molar-refractivity contribution in [1.29, 1.82) is 0 Å². The molecule has 1 aromatic carbocycles. The van der Waals surface area contributed by atoms with Crippen molar-refractivity contribution in [1.82, 2.24) is 0 Å². The number of benzene rings is 1. The summed E-state index contributed by atoms with van der Waals surface area (Å²) in [5.41, 5.74) is -0.380. The van der Waals surface area contributed by atoms with E-state index in [9.17, 15) is 14.4 Å². The van der Waals surface area contributed by atoms with Crippen molar-refractivity contribution in [3.05, 3.63) is 35.4 Å². The number of unbranched alkanes of at least 4 members (excludes halogenated alkanes) is 13. The molecular weight excluding hydrogens is 424 g/mol. The number of hydrogen-bond acceptors (Lipinski definition) is 4. The number of aliphatic hydroxyl groups is 1. The first kappa shape index (κ1) is 30.6. The number of carbonyl (C=O) groups is 3. The number of carboxylic acids is 3. The van der Waals surface area contributed by atoms with Crippen LogP contribution in [0.1, 0.15) is 124 Å². The van der Waals surface area contributed by atoms with E-state index in [2.05, 4.69) is 6.92 Å². The molecule has 0 radical (unpaired) electrons. The Bertz CT molecular complexity index is 639. The Morgan fingerprint density at radius 3 is 1.27 bits per heavy atom. The molecule has 188 valence electrons. The fraction of sp³-hybridized carbons (Fsp3) is 0.654. The van der Waals surface area contributed by atoms with Gasteiger partial charge in [0.05, 0.1) is 11.1 Å². The molecule has 0 spiro atoms. The van der Waals surface area contributed by atoms with Gasteiger partial charge in [-0.3, -0.25) is 0 Å². The highest BCUT2D eigenvalue weighted by Crippen LogP contribution is 2.13. The van der Waals surface area contributed by atoms with Gasteiger partial charge in [-0.05, 0) is 18.6 Å². The minimum absolute atomic E-state index is 0.190. The number of carboxylic acid groups (broad SMARTS) is 3. The number of aliphatic hydroxyl groups excluding tert-OH is 1. The highest BCUT2D eigenvalue weighted by molar-refractivity contribution is 6.01. The Morgan fingerprint density at radius 1 is 0.636 bits per heavy atom. The lowest BCUT2D eigenvalue weighted by atomic mass is 10.0. The van der Waals surface area contributed by atoms with Crippen molar-refractivity contribution in [2.45, 2.75) is 109 Å². The molecular formula is C26H42O7. The predicted molar refractivity (Wildman–Crippen MR) is 129 cm³/mol. The maximum absolute atomic E-state index is 10.5. The van der Waals surface area contributed by atoms with Crippen molar-refractivity contribution >= 4 is 17.9 Å². The SMILES string of the molecule is CCCCCCCCCCCCCCCCC(O)C(=O)O.O=C(O)c1ccccc1C(=O)O. The van der Waals surface area contributed by atoms with Gasteiger partial charge in [0.1, 0.15) is 0 Å². The average Bonchev–Trinajstić information content (AvgIpc) is 2.79. The van der Waals surface area contributed by atoms with Crippen LogP contribution in [-0.4, -0.2) is 44.4 Å². The molecule has 4 N–H and O–H groups in total. The standard InChI is InChI=1S/C18H36O3.C8H6O4/c1-2-3-4-5-6-7-8-9-10-11-12-13-14-15-16-17(19)18(20)21;9-7(10)5-3-1-2-4-6(5)8(11)12/h17,19H,2-16H2,1H3,(H,20,21);1-4H,(H,9,10)(H,11,12). The van der Waals surface area contributed by atoms with E-state index in [1.807, 2.05) is 0 Å². The van der Waals surface area contributed by atoms with Gasteiger partial charge in [0.15, 0.2) is 6.10 Å². The van der Waals surface area contributed by atoms with Crippen LogP contribution < -0.4 is 0 Å². The topological polar surface area (TPSA) is 132 Å². The second kappa shape index (κ2) is 20.2. The van der Waals surface area contributed by atoms with Crippen molar-refractivity contribution in [3.8, 4) is 0 Å². The summed E-state index contributed by atoms with van der Waals surface area (Å²) in [6.07, 6.45) is 17.3. The Morgan fingerprint density at radius 2 is 0.970 bits per heavy atom. The minimum atomic E-state index is -1.23. The van der Waals surface area contributed by atoms with Crippen LogP contribution in [0, 0.1) is 0 Å². The monoisotopic (exact) mass is 466 g/mol. The van der Waals surface area contributed by atoms with E-state index in [4.69, 9.17) is 20.4 Å². The lowest BCUT2D eigenvalue weighted by Crippen LogP contribution is -2.18. The predicted octanol–water partition coefficient (Wildman–Crippen LogP) is 6.39. The van der Waals surface area contributed by atoms with Crippen LogP contribution in [0.25, 0.3) is 0 Å². The highest BCUT2D eigenvalue weighted by atomic mass is 16.4. The van der Waals surface area contributed by atoms with E-state index in [0.717, 1.165) is 12.8 Å². The molecule has 0 amide bonds. The first-order chi connectivity index (χ1) is 15.8. The number of rotatable bonds is 18. The molecule has 0 bridgehead atoms. The van der Waals surface area contributed by atoms with Crippen LogP contribution in [0.4, 0.5) is 0 Å². The smallest absolute Gasteiger partial charge is 0.336 e. The van der Waals surface area contributed by atoms with Crippen LogP contribution >= 0.6 is 0 Å². The van der Waals surface area contributed by atoms with Crippen molar-refractivity contribution in [2.24, 2.45) is 0 Å². The zero-order valence-corrected chi connectivity index (χ0v) is 20.0. The first-order valence-corrected chi connectivity index (χ1v) is 12.3. The Kier molecular flexibility index (Phi) is 18.7. The fourth-order valence-electron chi connectivity index (χ4n) is 3.51. The lowest BCUT2D eigenvalue weighted by Gasteiger charge is -2.05. The Hall–Kier alpha value is -2.41. The van der Waals surface area contributed by atoms with Gasteiger partial charge in [-0.1, -0.05) is 109 Å². The molecule has 0 aliphatic carbocycles. The zero-order chi connectivity index (χ0) is 24.9. The number of aliphatic carboxylic acids is 1. The lowest BCUT2D eigenvalue weighted by molar-refractivity contribution is -0.146. The molecule has 1 rings (SSSR count). The zero-order valence-electron chi connectivity index (χ0n) is 20.0. The van der Waals surface area contributed by atoms with Crippen LogP contribution in [0.15, 0.2) is 24.3 Å². The van der Waals surface area contributed by atoms with Crippen LogP contribution in [0.3, 0.4) is 0 Å². The van der Waals surface area contributed by atoms with E-state index >= 15 is 0 Å². The van der Waals surface area contributed by atoms with E-state index in [1.54, 1.807) is 0 Å². The van der Waals surface area contributed by atoms with E-state index in [0.29, 0.717) is 6.42 Å². The fourth-order valence-corrected chi connectivity index (χ4v) is 3.51. The number of hydrogen-bond donors (Lipinski definition) is 4. The molecule has 1 atom stereocenters. The van der Waals surface area contributed by atoms with Crippen molar-refractivity contribution < 1.29 is 34.8 Å². The Labute approximate surface area is 197 Å². The molecule has 33 heavy (non-hydrogen) atoms. The molecule has 0 saturated heterocycles. The second-order valence-corrected chi connectivity index (χ2v) is 8.39. The third-order valence-electron chi connectivity index (χ3n) is 5.50. The maximum atomic E-state index is 10.5. The largest absolute Gasteiger partial charge is 0.479 e. The van der Waals surface area contributed by atoms with Crippen LogP contribution in [-0.2, 0) is 4.79 Å². The molecule has 0 aromatic heterocycles. The second-order valence-electron chi connectivity index (χ2n) is 8.39. The highest BCUT2D eigenvalue weighted by Gasteiger charge is 2.13. The van der Waals surface area contributed by atoms with Gasteiger partial charge in [-0.15, -0.1) is 0 Å². The number of aromatic carboxylic acids is 2. The minimum Gasteiger partial charge on any atom is -0.479 e. The van der Waals surface area contributed by atoms with Gasteiger partial charge in [0.2, 0.25) is 0 Å². The molecule has 0 fully saturated rings. The summed E-state index contributed by atoms with van der Waals surface area (Å²) in [6.45, 7) is 2.26. The molecule has 1 unspecified atom stereocenters.